The van der Waals surface area contributed by atoms with Crippen LogP contribution < -0.4 is 9.47 Å². The third-order valence-electron chi connectivity index (χ3n) is 3.57. The van der Waals surface area contributed by atoms with Crippen LogP contribution >= 0.6 is 0 Å². The number of hydrogen-bond donors (Lipinski definition) is 0. The molecule has 0 unspecified atom stereocenters. The second-order valence-electron chi connectivity index (χ2n) is 4.73. The molecule has 0 aliphatic carbocycles. The molecule has 3 rings (SSSR count). The van der Waals surface area contributed by atoms with E-state index >= 15 is 0 Å². The number of fused-ring (bicyclic) bond motifs is 1. The number of aryl methyl sites for hydroxylation is 1. The Hall–Kier alpha value is -1.72. The summed E-state index contributed by atoms with van der Waals surface area (Å²) in [6, 6.07) is 6.07. The lowest BCUT2D eigenvalue weighted by Gasteiger charge is -2.12. The summed E-state index contributed by atoms with van der Waals surface area (Å²) in [5, 5.41) is 1.14. The lowest BCUT2D eigenvalue weighted by atomic mass is 10.2. The number of hydrogen-bond acceptors (Lipinski definition) is 4. The van der Waals surface area contributed by atoms with Crippen molar-refractivity contribution in [3.05, 3.63) is 24.4 Å². The molecule has 1 aliphatic heterocycles. The minimum Gasteiger partial charge on any atom is -0.493 e. The second kappa shape index (κ2) is 5.73. The van der Waals surface area contributed by atoms with Gasteiger partial charge in [-0.05, 0) is 12.1 Å². The first kappa shape index (κ1) is 13.3. The van der Waals surface area contributed by atoms with Crippen molar-refractivity contribution in [1.29, 1.82) is 0 Å². The lowest BCUT2D eigenvalue weighted by Crippen LogP contribution is -2.11. The van der Waals surface area contributed by atoms with Crippen LogP contribution in [0, 0.1) is 0 Å². The van der Waals surface area contributed by atoms with Crippen molar-refractivity contribution in [3.63, 3.8) is 0 Å². The first-order chi connectivity index (χ1) is 9.81. The van der Waals surface area contributed by atoms with E-state index in [1.165, 1.54) is 0 Å². The predicted octanol–water partition coefficient (Wildman–Crippen LogP) is 2.42. The van der Waals surface area contributed by atoms with E-state index in [-0.39, 0.29) is 6.29 Å². The molecule has 1 aromatic carbocycles. The summed E-state index contributed by atoms with van der Waals surface area (Å²) in [6.07, 6.45) is 2.84. The molecule has 0 bridgehead atoms. The van der Waals surface area contributed by atoms with Crippen LogP contribution in [0.3, 0.4) is 0 Å². The number of nitrogens with zero attached hydrogens (tertiary/aromatic N) is 1. The normalized spacial score (nSPS) is 15.9. The highest BCUT2D eigenvalue weighted by Crippen LogP contribution is 2.32. The van der Waals surface area contributed by atoms with E-state index in [0.717, 1.165) is 35.4 Å². The zero-order valence-corrected chi connectivity index (χ0v) is 11.8. The molecule has 108 valence electrons. The number of methoxy groups -OCH3 is 2. The van der Waals surface area contributed by atoms with Gasteiger partial charge in [-0.3, -0.25) is 0 Å². The van der Waals surface area contributed by atoms with Crippen LogP contribution in [0.5, 0.6) is 11.5 Å². The number of aromatic nitrogens is 1. The van der Waals surface area contributed by atoms with Gasteiger partial charge in [0.05, 0.1) is 33.0 Å². The molecule has 5 nitrogen and oxygen atoms in total. The first-order valence-electron chi connectivity index (χ1n) is 6.76. The highest BCUT2D eigenvalue weighted by atomic mass is 16.7. The summed E-state index contributed by atoms with van der Waals surface area (Å²) >= 11 is 0. The fraction of sp³-hybridized carbons (Fsp3) is 0.467. The summed E-state index contributed by atoms with van der Waals surface area (Å²) in [5.41, 5.74) is 1.13. The van der Waals surface area contributed by atoms with Gasteiger partial charge in [0.2, 0.25) is 0 Å². The molecule has 0 amide bonds. The predicted molar refractivity (Wildman–Crippen MR) is 75.4 cm³/mol. The van der Waals surface area contributed by atoms with E-state index in [4.69, 9.17) is 18.9 Å². The van der Waals surface area contributed by atoms with Crippen LogP contribution in [-0.2, 0) is 16.0 Å². The van der Waals surface area contributed by atoms with Gasteiger partial charge in [0.25, 0.3) is 0 Å². The minimum atomic E-state index is -0.0763. The largest absolute Gasteiger partial charge is 0.493 e. The fourth-order valence-corrected chi connectivity index (χ4v) is 2.53. The molecule has 2 heterocycles. The highest BCUT2D eigenvalue weighted by molar-refractivity contribution is 5.84. The minimum absolute atomic E-state index is 0.0763. The SMILES string of the molecule is COc1cc2ccn(CCC3OCCO3)c2cc1OC. The summed E-state index contributed by atoms with van der Waals surface area (Å²) in [4.78, 5) is 0. The van der Waals surface area contributed by atoms with Crippen LogP contribution in [0.4, 0.5) is 0 Å². The fourth-order valence-electron chi connectivity index (χ4n) is 2.53. The van der Waals surface area contributed by atoms with Crippen molar-refractivity contribution in [1.82, 2.24) is 4.57 Å². The topological polar surface area (TPSA) is 41.9 Å². The van der Waals surface area contributed by atoms with Gasteiger partial charge >= 0.3 is 0 Å². The third kappa shape index (κ3) is 2.46. The summed E-state index contributed by atoms with van der Waals surface area (Å²) in [5.74, 6) is 1.49. The number of ether oxygens (including phenoxy) is 4. The molecule has 0 spiro atoms. The Morgan fingerprint density at radius 3 is 2.55 bits per heavy atom. The van der Waals surface area contributed by atoms with E-state index < -0.39 is 0 Å². The van der Waals surface area contributed by atoms with Gasteiger partial charge in [0.15, 0.2) is 17.8 Å². The van der Waals surface area contributed by atoms with Crippen molar-refractivity contribution < 1.29 is 18.9 Å². The molecule has 2 aromatic rings. The average Bonchev–Trinajstić information content (AvgIpc) is 3.12. The molecule has 1 saturated heterocycles. The van der Waals surface area contributed by atoms with Gasteiger partial charge < -0.3 is 23.5 Å². The maximum absolute atomic E-state index is 5.46. The molecular formula is C15H19NO4. The maximum Gasteiger partial charge on any atom is 0.162 e. The molecule has 0 saturated carbocycles. The summed E-state index contributed by atoms with van der Waals surface area (Å²) in [6.45, 7) is 2.24. The van der Waals surface area contributed by atoms with Crippen LogP contribution in [0.25, 0.3) is 10.9 Å². The van der Waals surface area contributed by atoms with Crippen LogP contribution in [-0.4, -0.2) is 38.3 Å². The Morgan fingerprint density at radius 2 is 1.85 bits per heavy atom. The van der Waals surface area contributed by atoms with E-state index in [1.54, 1.807) is 14.2 Å². The smallest absolute Gasteiger partial charge is 0.162 e. The highest BCUT2D eigenvalue weighted by Gasteiger charge is 2.16. The Morgan fingerprint density at radius 1 is 1.15 bits per heavy atom. The zero-order valence-electron chi connectivity index (χ0n) is 11.8. The van der Waals surface area contributed by atoms with E-state index in [2.05, 4.69) is 16.8 Å². The molecule has 1 fully saturated rings. The van der Waals surface area contributed by atoms with E-state index in [0.29, 0.717) is 13.2 Å². The Bertz CT molecular complexity index is 587. The van der Waals surface area contributed by atoms with Crippen molar-refractivity contribution in [3.8, 4) is 11.5 Å². The molecule has 0 atom stereocenters. The number of rotatable bonds is 5. The quantitative estimate of drug-likeness (QED) is 0.841. The second-order valence-corrected chi connectivity index (χ2v) is 4.73. The van der Waals surface area contributed by atoms with Crippen molar-refractivity contribution in [2.75, 3.05) is 27.4 Å². The molecule has 5 heteroatoms. The van der Waals surface area contributed by atoms with Gasteiger partial charge in [-0.1, -0.05) is 0 Å². The Kier molecular flexibility index (Phi) is 3.80. The molecule has 0 radical (unpaired) electrons. The summed E-state index contributed by atoms with van der Waals surface area (Å²) in [7, 11) is 3.30. The average molecular weight is 277 g/mol. The van der Waals surface area contributed by atoms with Crippen molar-refractivity contribution >= 4 is 10.9 Å². The van der Waals surface area contributed by atoms with Crippen LogP contribution in [0.2, 0.25) is 0 Å². The molecule has 0 N–H and O–H groups in total. The Balaban J connectivity index is 1.83. The zero-order chi connectivity index (χ0) is 13.9. The van der Waals surface area contributed by atoms with Gasteiger partial charge in [0.1, 0.15) is 0 Å². The van der Waals surface area contributed by atoms with Gasteiger partial charge in [-0.25, -0.2) is 0 Å². The van der Waals surface area contributed by atoms with Gasteiger partial charge in [-0.2, -0.15) is 0 Å². The maximum atomic E-state index is 5.46. The van der Waals surface area contributed by atoms with Crippen molar-refractivity contribution in [2.45, 2.75) is 19.3 Å². The molecule has 1 aliphatic rings. The lowest BCUT2D eigenvalue weighted by molar-refractivity contribution is -0.0488. The van der Waals surface area contributed by atoms with Crippen LogP contribution in [0.1, 0.15) is 6.42 Å². The molecule has 1 aromatic heterocycles. The monoisotopic (exact) mass is 277 g/mol. The van der Waals surface area contributed by atoms with E-state index in [1.807, 2.05) is 12.1 Å². The molecular weight excluding hydrogens is 258 g/mol. The van der Waals surface area contributed by atoms with E-state index in [9.17, 15) is 0 Å². The first-order valence-corrected chi connectivity index (χ1v) is 6.76. The Labute approximate surface area is 118 Å². The molecule has 20 heavy (non-hydrogen) atoms. The van der Waals surface area contributed by atoms with Gasteiger partial charge in [0, 0.05) is 30.6 Å². The summed E-state index contributed by atoms with van der Waals surface area (Å²) < 4.78 is 23.8. The standard InChI is InChI=1S/C15H19NO4/c1-17-13-9-11-3-5-16(12(11)10-14(13)18-2)6-4-15-19-7-8-20-15/h3,5,9-10,15H,4,6-8H2,1-2H3. The van der Waals surface area contributed by atoms with Crippen LogP contribution in [0.15, 0.2) is 24.4 Å². The number of benzene rings is 1. The third-order valence-corrected chi connectivity index (χ3v) is 3.57. The van der Waals surface area contributed by atoms with Gasteiger partial charge in [-0.15, -0.1) is 0 Å². The van der Waals surface area contributed by atoms with Crippen molar-refractivity contribution in [2.24, 2.45) is 0 Å².